The molecule has 0 spiro atoms. The Morgan fingerprint density at radius 1 is 0.354 bits per heavy atom. The van der Waals surface area contributed by atoms with Crippen molar-refractivity contribution in [3.8, 4) is 33.4 Å². The van der Waals surface area contributed by atoms with E-state index in [-0.39, 0.29) is 5.41 Å². The van der Waals surface area contributed by atoms with E-state index in [1.54, 1.807) is 0 Å². The maximum Gasteiger partial charge on any atom is 0.0465 e. The van der Waals surface area contributed by atoms with Crippen molar-refractivity contribution in [3.63, 3.8) is 0 Å². The number of rotatable bonds is 5. The molecule has 0 heterocycles. The number of para-hydroxylation sites is 1. The van der Waals surface area contributed by atoms with Crippen molar-refractivity contribution >= 4 is 38.6 Å². The van der Waals surface area contributed by atoms with Crippen LogP contribution in [-0.4, -0.2) is 0 Å². The summed E-state index contributed by atoms with van der Waals surface area (Å²) in [5.41, 5.74) is 13.7. The van der Waals surface area contributed by atoms with Crippen LogP contribution in [0.25, 0.3) is 54.9 Å². The van der Waals surface area contributed by atoms with E-state index < -0.39 is 0 Å². The zero-order valence-electron chi connectivity index (χ0n) is 27.2. The second kappa shape index (κ2) is 11.1. The molecule has 0 amide bonds. The number of hydrogen-bond donors (Lipinski definition) is 0. The van der Waals surface area contributed by atoms with Crippen molar-refractivity contribution in [2.75, 3.05) is 4.90 Å². The highest BCUT2D eigenvalue weighted by Crippen LogP contribution is 2.52. The monoisotopic (exact) mass is 613 g/mol. The SMILES string of the molecule is CC1(C)c2cc(-c3cccc4ccccc34)ccc2-c2ccc(N(c3ccccc3)c3ccc(-c4ccc5ccccc5c4)cc3)cc21. The van der Waals surface area contributed by atoms with Crippen LogP contribution in [-0.2, 0) is 5.41 Å². The topological polar surface area (TPSA) is 3.24 Å². The zero-order chi connectivity index (χ0) is 32.2. The standard InChI is InChI=1S/C47H35N/c1-47(2)45-30-37(42-18-10-14-34-12-8-9-17-41(34)42)23-27-43(45)44-28-26-40(31-46(44)47)48(38-15-4-3-5-16-38)39-24-21-33(22-25-39)36-20-19-32-11-6-7-13-35(32)29-36/h3-31H,1-2H3. The second-order valence-electron chi connectivity index (χ2n) is 13.4. The second-order valence-corrected chi connectivity index (χ2v) is 13.4. The van der Waals surface area contributed by atoms with Gasteiger partial charge < -0.3 is 4.90 Å². The lowest BCUT2D eigenvalue weighted by molar-refractivity contribution is 0.660. The van der Waals surface area contributed by atoms with E-state index in [1.165, 1.54) is 66.1 Å². The van der Waals surface area contributed by atoms with Gasteiger partial charge in [0.1, 0.15) is 0 Å². The van der Waals surface area contributed by atoms with Gasteiger partial charge in [-0.15, -0.1) is 0 Å². The quantitative estimate of drug-likeness (QED) is 0.187. The van der Waals surface area contributed by atoms with E-state index >= 15 is 0 Å². The molecule has 1 aliphatic carbocycles. The van der Waals surface area contributed by atoms with Gasteiger partial charge in [-0.05, 0) is 115 Å². The summed E-state index contributed by atoms with van der Waals surface area (Å²) in [6, 6.07) is 64.4. The first kappa shape index (κ1) is 28.3. The van der Waals surface area contributed by atoms with Gasteiger partial charge in [0, 0.05) is 22.5 Å². The molecular weight excluding hydrogens is 579 g/mol. The molecule has 0 aliphatic heterocycles. The highest BCUT2D eigenvalue weighted by atomic mass is 15.1. The van der Waals surface area contributed by atoms with Crippen LogP contribution in [0.2, 0.25) is 0 Å². The van der Waals surface area contributed by atoms with Crippen LogP contribution in [0.3, 0.4) is 0 Å². The van der Waals surface area contributed by atoms with E-state index in [9.17, 15) is 0 Å². The van der Waals surface area contributed by atoms with E-state index in [0.29, 0.717) is 0 Å². The average Bonchev–Trinajstić information content (AvgIpc) is 3.37. The molecule has 1 aliphatic rings. The molecule has 0 saturated carbocycles. The summed E-state index contributed by atoms with van der Waals surface area (Å²) in [7, 11) is 0. The van der Waals surface area contributed by atoms with Gasteiger partial charge in [0.15, 0.2) is 0 Å². The summed E-state index contributed by atoms with van der Waals surface area (Å²) in [5.74, 6) is 0. The maximum atomic E-state index is 2.43. The fraction of sp³-hybridized carbons (Fsp3) is 0.0638. The Labute approximate surface area is 282 Å². The van der Waals surface area contributed by atoms with Gasteiger partial charge in [-0.1, -0.05) is 141 Å². The van der Waals surface area contributed by atoms with Gasteiger partial charge >= 0.3 is 0 Å². The van der Waals surface area contributed by atoms with E-state index in [1.807, 2.05) is 0 Å². The predicted octanol–water partition coefficient (Wildman–Crippen LogP) is 13.1. The molecular formula is C47H35N. The number of hydrogen-bond acceptors (Lipinski definition) is 1. The van der Waals surface area contributed by atoms with Crippen molar-refractivity contribution in [3.05, 3.63) is 187 Å². The minimum absolute atomic E-state index is 0.149. The first-order chi connectivity index (χ1) is 23.5. The molecule has 228 valence electrons. The third-order valence-corrected chi connectivity index (χ3v) is 10.2. The minimum atomic E-state index is -0.149. The Bertz CT molecular complexity index is 2460. The Kier molecular flexibility index (Phi) is 6.55. The molecule has 0 atom stereocenters. The molecule has 0 N–H and O–H groups in total. The molecule has 9 rings (SSSR count). The Morgan fingerprint density at radius 3 is 1.75 bits per heavy atom. The lowest BCUT2D eigenvalue weighted by atomic mass is 9.81. The van der Waals surface area contributed by atoms with Crippen LogP contribution in [0.5, 0.6) is 0 Å². The first-order valence-corrected chi connectivity index (χ1v) is 16.8. The third-order valence-electron chi connectivity index (χ3n) is 10.2. The highest BCUT2D eigenvalue weighted by molar-refractivity contribution is 5.98. The summed E-state index contributed by atoms with van der Waals surface area (Å²) >= 11 is 0. The summed E-state index contributed by atoms with van der Waals surface area (Å²) < 4.78 is 0. The normalized spacial score (nSPS) is 13.0. The smallest absolute Gasteiger partial charge is 0.0465 e. The van der Waals surface area contributed by atoms with Crippen LogP contribution < -0.4 is 4.90 Å². The van der Waals surface area contributed by atoms with Gasteiger partial charge in [0.2, 0.25) is 0 Å². The Balaban J connectivity index is 1.11. The molecule has 1 heteroatoms. The van der Waals surface area contributed by atoms with Gasteiger partial charge in [-0.3, -0.25) is 0 Å². The number of anilines is 3. The van der Waals surface area contributed by atoms with Gasteiger partial charge in [0.25, 0.3) is 0 Å². The van der Waals surface area contributed by atoms with Crippen molar-refractivity contribution < 1.29 is 0 Å². The van der Waals surface area contributed by atoms with Crippen LogP contribution in [0, 0.1) is 0 Å². The zero-order valence-corrected chi connectivity index (χ0v) is 27.2. The van der Waals surface area contributed by atoms with E-state index in [0.717, 1.165) is 17.1 Å². The lowest BCUT2D eigenvalue weighted by Gasteiger charge is -2.28. The maximum absolute atomic E-state index is 2.43. The third kappa shape index (κ3) is 4.62. The number of fused-ring (bicyclic) bond motifs is 5. The van der Waals surface area contributed by atoms with Gasteiger partial charge in [-0.2, -0.15) is 0 Å². The molecule has 1 nitrogen and oxygen atoms in total. The fourth-order valence-electron chi connectivity index (χ4n) is 7.71. The van der Waals surface area contributed by atoms with Crippen molar-refractivity contribution in [2.24, 2.45) is 0 Å². The summed E-state index contributed by atoms with van der Waals surface area (Å²) in [6.45, 7) is 4.75. The number of benzene rings is 8. The molecule has 0 fully saturated rings. The molecule has 0 saturated heterocycles. The molecule has 0 unspecified atom stereocenters. The van der Waals surface area contributed by atoms with E-state index in [4.69, 9.17) is 0 Å². The van der Waals surface area contributed by atoms with E-state index in [2.05, 4.69) is 195 Å². The Morgan fingerprint density at radius 2 is 0.938 bits per heavy atom. The van der Waals surface area contributed by atoms with Crippen molar-refractivity contribution in [1.82, 2.24) is 0 Å². The average molecular weight is 614 g/mol. The minimum Gasteiger partial charge on any atom is -0.310 e. The van der Waals surface area contributed by atoms with Crippen LogP contribution in [0.4, 0.5) is 17.1 Å². The molecule has 0 aromatic heterocycles. The number of nitrogens with zero attached hydrogens (tertiary/aromatic N) is 1. The van der Waals surface area contributed by atoms with Crippen molar-refractivity contribution in [1.29, 1.82) is 0 Å². The summed E-state index contributed by atoms with van der Waals surface area (Å²) in [5, 5.41) is 5.09. The molecule has 8 aromatic rings. The van der Waals surface area contributed by atoms with Crippen LogP contribution >= 0.6 is 0 Å². The van der Waals surface area contributed by atoms with Crippen molar-refractivity contribution in [2.45, 2.75) is 19.3 Å². The highest BCUT2D eigenvalue weighted by Gasteiger charge is 2.36. The first-order valence-electron chi connectivity index (χ1n) is 16.8. The summed E-state index contributed by atoms with van der Waals surface area (Å²) in [6.07, 6.45) is 0. The fourth-order valence-corrected chi connectivity index (χ4v) is 7.71. The van der Waals surface area contributed by atoms with Gasteiger partial charge in [0.05, 0.1) is 0 Å². The molecule has 8 aromatic carbocycles. The Hall–Kier alpha value is -5.92. The lowest BCUT2D eigenvalue weighted by Crippen LogP contribution is -2.16. The largest absolute Gasteiger partial charge is 0.310 e. The molecule has 48 heavy (non-hydrogen) atoms. The van der Waals surface area contributed by atoms with Crippen LogP contribution in [0.1, 0.15) is 25.0 Å². The molecule has 0 bridgehead atoms. The summed E-state index contributed by atoms with van der Waals surface area (Å²) in [4.78, 5) is 2.38. The van der Waals surface area contributed by atoms with Crippen LogP contribution in [0.15, 0.2) is 176 Å². The van der Waals surface area contributed by atoms with Gasteiger partial charge in [-0.25, -0.2) is 0 Å². The predicted molar refractivity (Wildman–Crippen MR) is 205 cm³/mol. The molecule has 0 radical (unpaired) electrons.